The Morgan fingerprint density at radius 1 is 1.41 bits per heavy atom. The molecule has 116 valence electrons. The number of hydrogen-bond donors (Lipinski definition) is 1. The third kappa shape index (κ3) is 2.51. The van der Waals surface area contributed by atoms with E-state index in [1.54, 1.807) is 0 Å². The number of rotatable bonds is 5. The van der Waals surface area contributed by atoms with Crippen molar-refractivity contribution in [2.24, 2.45) is 11.8 Å². The second-order valence-electron chi connectivity index (χ2n) is 7.02. The van der Waals surface area contributed by atoms with Crippen molar-refractivity contribution in [2.75, 3.05) is 6.54 Å². The zero-order chi connectivity index (χ0) is 15.3. The molecule has 2 aliphatic rings. The third-order valence-electron chi connectivity index (χ3n) is 4.76. The quantitative estimate of drug-likeness (QED) is 0.918. The monoisotopic (exact) mass is 298 g/mol. The number of amides is 1. The summed E-state index contributed by atoms with van der Waals surface area (Å²) in [4.78, 5) is 16.3. The Morgan fingerprint density at radius 3 is 2.95 bits per heavy atom. The van der Waals surface area contributed by atoms with Crippen molar-refractivity contribution in [1.29, 1.82) is 0 Å². The van der Waals surface area contributed by atoms with Gasteiger partial charge in [0.05, 0.1) is 0 Å². The molecule has 1 N–H and O–H groups in total. The van der Waals surface area contributed by atoms with E-state index in [2.05, 4.69) is 36.3 Å². The van der Waals surface area contributed by atoms with E-state index in [0.717, 1.165) is 42.8 Å². The van der Waals surface area contributed by atoms with Gasteiger partial charge in [0.25, 0.3) is 0 Å². The van der Waals surface area contributed by atoms with Crippen molar-refractivity contribution in [1.82, 2.24) is 10.3 Å². The Morgan fingerprint density at radius 2 is 2.23 bits per heavy atom. The smallest absolute Gasteiger partial charge is 0.223 e. The highest BCUT2D eigenvalue weighted by Crippen LogP contribution is 2.49. The third-order valence-corrected chi connectivity index (χ3v) is 4.76. The molecule has 2 aliphatic carbocycles. The van der Waals surface area contributed by atoms with Crippen LogP contribution in [0.15, 0.2) is 22.6 Å². The van der Waals surface area contributed by atoms with E-state index in [4.69, 9.17) is 4.42 Å². The standard InChI is InChI=1S/C18H22N2O2/c1-10(2)18-20-15-5-3-4-13(16(15)22-18)14-8-12(14)9-19-17(21)11-6-7-11/h3-5,10-12,14H,6-9H2,1-2H3,(H,19,21)/t12-,14+/m0/s1. The number of carbonyl (C=O) groups is 1. The van der Waals surface area contributed by atoms with Gasteiger partial charge in [0.15, 0.2) is 11.5 Å². The number of para-hydroxylation sites is 1. The molecular weight excluding hydrogens is 276 g/mol. The second kappa shape index (κ2) is 5.11. The predicted octanol–water partition coefficient (Wildman–Crippen LogP) is 3.58. The summed E-state index contributed by atoms with van der Waals surface area (Å²) in [6, 6.07) is 6.22. The highest BCUT2D eigenvalue weighted by molar-refractivity contribution is 5.81. The van der Waals surface area contributed by atoms with Gasteiger partial charge in [0, 0.05) is 23.9 Å². The molecule has 0 saturated heterocycles. The van der Waals surface area contributed by atoms with E-state index in [1.165, 1.54) is 5.56 Å². The van der Waals surface area contributed by atoms with Gasteiger partial charge in [-0.1, -0.05) is 26.0 Å². The summed E-state index contributed by atoms with van der Waals surface area (Å²) >= 11 is 0. The van der Waals surface area contributed by atoms with Crippen LogP contribution in [0.25, 0.3) is 11.1 Å². The van der Waals surface area contributed by atoms with Gasteiger partial charge in [-0.05, 0) is 37.2 Å². The topological polar surface area (TPSA) is 55.1 Å². The van der Waals surface area contributed by atoms with Crippen molar-refractivity contribution in [3.8, 4) is 0 Å². The summed E-state index contributed by atoms with van der Waals surface area (Å²) in [7, 11) is 0. The summed E-state index contributed by atoms with van der Waals surface area (Å²) < 4.78 is 5.99. The van der Waals surface area contributed by atoms with Gasteiger partial charge < -0.3 is 9.73 Å². The summed E-state index contributed by atoms with van der Waals surface area (Å²) in [6.07, 6.45) is 3.26. The first-order chi connectivity index (χ1) is 10.6. The van der Waals surface area contributed by atoms with Gasteiger partial charge in [-0.15, -0.1) is 0 Å². The fraction of sp³-hybridized carbons (Fsp3) is 0.556. The SMILES string of the molecule is CC(C)c1nc2cccc([C@@H]3C[C@H]3CNC(=O)C3CC3)c2o1. The summed E-state index contributed by atoms with van der Waals surface area (Å²) in [5, 5.41) is 3.09. The average Bonchev–Trinajstić information content (AvgIpc) is 3.41. The fourth-order valence-electron chi connectivity index (χ4n) is 3.10. The summed E-state index contributed by atoms with van der Waals surface area (Å²) in [5.74, 6) is 2.68. The second-order valence-corrected chi connectivity index (χ2v) is 7.02. The van der Waals surface area contributed by atoms with Gasteiger partial charge in [0.2, 0.25) is 5.91 Å². The molecule has 0 bridgehead atoms. The number of hydrogen-bond acceptors (Lipinski definition) is 3. The van der Waals surface area contributed by atoms with Crippen LogP contribution >= 0.6 is 0 Å². The minimum absolute atomic E-state index is 0.241. The minimum atomic E-state index is 0.241. The van der Waals surface area contributed by atoms with Crippen molar-refractivity contribution in [3.63, 3.8) is 0 Å². The predicted molar refractivity (Wildman–Crippen MR) is 84.7 cm³/mol. The maximum Gasteiger partial charge on any atom is 0.223 e. The molecule has 1 aromatic carbocycles. The Labute approximate surface area is 130 Å². The maximum atomic E-state index is 11.7. The van der Waals surface area contributed by atoms with Crippen LogP contribution in [-0.2, 0) is 4.79 Å². The Bertz CT molecular complexity index is 715. The maximum absolute atomic E-state index is 11.7. The van der Waals surface area contributed by atoms with Crippen molar-refractivity contribution in [2.45, 2.75) is 44.9 Å². The molecule has 2 aromatic rings. The van der Waals surface area contributed by atoms with Crippen molar-refractivity contribution in [3.05, 3.63) is 29.7 Å². The largest absolute Gasteiger partial charge is 0.440 e. The molecule has 22 heavy (non-hydrogen) atoms. The fourth-order valence-corrected chi connectivity index (χ4v) is 3.10. The lowest BCUT2D eigenvalue weighted by Crippen LogP contribution is -2.27. The molecule has 2 saturated carbocycles. The number of fused-ring (bicyclic) bond motifs is 1. The molecule has 4 nitrogen and oxygen atoms in total. The van der Waals surface area contributed by atoms with E-state index in [1.807, 2.05) is 6.07 Å². The van der Waals surface area contributed by atoms with E-state index in [9.17, 15) is 4.79 Å². The first-order valence-electron chi connectivity index (χ1n) is 8.30. The highest BCUT2D eigenvalue weighted by atomic mass is 16.3. The highest BCUT2D eigenvalue weighted by Gasteiger charge is 2.41. The van der Waals surface area contributed by atoms with Crippen LogP contribution in [0.4, 0.5) is 0 Å². The van der Waals surface area contributed by atoms with Gasteiger partial charge in [-0.25, -0.2) is 4.98 Å². The van der Waals surface area contributed by atoms with Gasteiger partial charge in [0.1, 0.15) is 5.52 Å². The van der Waals surface area contributed by atoms with Crippen molar-refractivity contribution < 1.29 is 9.21 Å². The number of oxazole rings is 1. The van der Waals surface area contributed by atoms with Crippen LogP contribution in [0.5, 0.6) is 0 Å². The number of benzene rings is 1. The van der Waals surface area contributed by atoms with E-state index >= 15 is 0 Å². The molecule has 1 amide bonds. The molecule has 0 unspecified atom stereocenters. The van der Waals surface area contributed by atoms with Crippen molar-refractivity contribution >= 4 is 17.0 Å². The number of nitrogens with zero attached hydrogens (tertiary/aromatic N) is 1. The molecule has 4 heteroatoms. The molecule has 1 heterocycles. The Hall–Kier alpha value is -1.84. The first-order valence-corrected chi connectivity index (χ1v) is 8.30. The molecular formula is C18H22N2O2. The number of carbonyl (C=O) groups excluding carboxylic acids is 1. The Balaban J connectivity index is 1.48. The lowest BCUT2D eigenvalue weighted by Gasteiger charge is -2.04. The van der Waals surface area contributed by atoms with Crippen LogP contribution in [0.2, 0.25) is 0 Å². The molecule has 0 spiro atoms. The zero-order valence-corrected chi connectivity index (χ0v) is 13.1. The first kappa shape index (κ1) is 13.8. The lowest BCUT2D eigenvalue weighted by molar-refractivity contribution is -0.122. The molecule has 2 fully saturated rings. The van der Waals surface area contributed by atoms with Gasteiger partial charge in [-0.2, -0.15) is 0 Å². The van der Waals surface area contributed by atoms with Crippen LogP contribution in [0.1, 0.15) is 56.4 Å². The zero-order valence-electron chi connectivity index (χ0n) is 13.1. The normalized spacial score (nSPS) is 24.0. The van der Waals surface area contributed by atoms with Crippen LogP contribution < -0.4 is 5.32 Å². The summed E-state index contributed by atoms with van der Waals surface area (Å²) in [5.41, 5.74) is 3.14. The number of nitrogens with one attached hydrogen (secondary N) is 1. The minimum Gasteiger partial charge on any atom is -0.440 e. The average molecular weight is 298 g/mol. The van der Waals surface area contributed by atoms with E-state index in [-0.39, 0.29) is 5.91 Å². The molecule has 2 atom stereocenters. The molecule has 0 radical (unpaired) electrons. The lowest BCUT2D eigenvalue weighted by atomic mass is 10.1. The van der Waals surface area contributed by atoms with Gasteiger partial charge in [-0.3, -0.25) is 4.79 Å². The van der Waals surface area contributed by atoms with Crippen LogP contribution in [-0.4, -0.2) is 17.4 Å². The van der Waals surface area contributed by atoms with E-state index in [0.29, 0.717) is 23.7 Å². The molecule has 1 aromatic heterocycles. The molecule has 4 rings (SSSR count). The molecule has 0 aliphatic heterocycles. The summed E-state index contributed by atoms with van der Waals surface area (Å²) in [6.45, 7) is 4.98. The number of aromatic nitrogens is 1. The van der Waals surface area contributed by atoms with Crippen LogP contribution in [0.3, 0.4) is 0 Å². The van der Waals surface area contributed by atoms with E-state index < -0.39 is 0 Å². The van der Waals surface area contributed by atoms with Crippen LogP contribution in [0, 0.1) is 11.8 Å². The van der Waals surface area contributed by atoms with Gasteiger partial charge >= 0.3 is 0 Å². The Kier molecular flexibility index (Phi) is 3.21.